The molecule has 1 amide bonds. The third-order valence-corrected chi connectivity index (χ3v) is 0.892. The van der Waals surface area contributed by atoms with E-state index in [0.29, 0.717) is 0 Å². The molecule has 0 saturated heterocycles. The van der Waals surface area contributed by atoms with Crippen molar-refractivity contribution in [3.63, 3.8) is 0 Å². The van der Waals surface area contributed by atoms with E-state index in [4.69, 9.17) is 5.11 Å². The summed E-state index contributed by atoms with van der Waals surface area (Å²) in [6.07, 6.45) is -0.403. The number of halogens is 1. The summed E-state index contributed by atoms with van der Waals surface area (Å²) in [6, 6.07) is 0. The molecule has 4 nitrogen and oxygen atoms in total. The van der Waals surface area contributed by atoms with Crippen LogP contribution in [0.3, 0.4) is 0 Å². The van der Waals surface area contributed by atoms with E-state index in [9.17, 15) is 9.18 Å². The van der Waals surface area contributed by atoms with Gasteiger partial charge in [0.1, 0.15) is 0 Å². The zero-order chi connectivity index (χ0) is 8.53. The van der Waals surface area contributed by atoms with E-state index in [2.05, 4.69) is 10.1 Å². The Morgan fingerprint density at radius 3 is 2.91 bits per heavy atom. The van der Waals surface area contributed by atoms with E-state index >= 15 is 0 Å². The van der Waals surface area contributed by atoms with Crippen molar-refractivity contribution in [3.8, 4) is 0 Å². The molecule has 0 aliphatic carbocycles. The maximum Gasteiger partial charge on any atom is 0.407 e. The van der Waals surface area contributed by atoms with Crippen LogP contribution in [0, 0.1) is 0 Å². The summed E-state index contributed by atoms with van der Waals surface area (Å²) >= 11 is 0. The van der Waals surface area contributed by atoms with E-state index in [1.165, 1.54) is 0 Å². The molecule has 0 aromatic rings. The van der Waals surface area contributed by atoms with E-state index in [1.54, 1.807) is 0 Å². The van der Waals surface area contributed by atoms with Gasteiger partial charge in [0.2, 0.25) is 0 Å². The number of rotatable bonds is 5. The van der Waals surface area contributed by atoms with Gasteiger partial charge in [-0.25, -0.2) is 4.79 Å². The number of ether oxygens (including phenoxy) is 1. The lowest BCUT2D eigenvalue weighted by Gasteiger charge is -2.03. The van der Waals surface area contributed by atoms with Gasteiger partial charge in [-0.05, 0) is 0 Å². The average molecular weight is 165 g/mol. The lowest BCUT2D eigenvalue weighted by molar-refractivity contribution is 0.139. The van der Waals surface area contributed by atoms with Gasteiger partial charge in [0.05, 0.1) is 19.9 Å². The molecule has 0 bridgehead atoms. The Labute approximate surface area is 64.3 Å². The SMILES string of the molecule is O=C(NCCO)OCCCF. The van der Waals surface area contributed by atoms with Crippen molar-refractivity contribution < 1.29 is 19.0 Å². The quantitative estimate of drug-likeness (QED) is 0.566. The Bertz CT molecular complexity index is 110. The molecule has 66 valence electrons. The Balaban J connectivity index is 3.09. The summed E-state index contributed by atoms with van der Waals surface area (Å²) < 4.78 is 15.9. The molecule has 0 radical (unpaired) electrons. The summed E-state index contributed by atoms with van der Waals surface area (Å²) in [4.78, 5) is 10.5. The van der Waals surface area contributed by atoms with Crippen LogP contribution in [0.25, 0.3) is 0 Å². The van der Waals surface area contributed by atoms with Crippen molar-refractivity contribution in [2.24, 2.45) is 0 Å². The molecule has 0 aromatic heterocycles. The standard InChI is InChI=1S/C6H12FNO3/c7-2-1-5-11-6(10)8-3-4-9/h9H,1-5H2,(H,8,10). The number of amides is 1. The molecule has 0 atom stereocenters. The minimum atomic E-state index is -0.618. The third kappa shape index (κ3) is 7.05. The minimum Gasteiger partial charge on any atom is -0.449 e. The summed E-state index contributed by atoms with van der Waals surface area (Å²) in [5.74, 6) is 0. The van der Waals surface area contributed by atoms with Gasteiger partial charge < -0.3 is 15.2 Å². The highest BCUT2D eigenvalue weighted by Gasteiger charge is 1.98. The predicted octanol–water partition coefficient (Wildman–Crippen LogP) is 0.0645. The number of hydrogen-bond donors (Lipinski definition) is 2. The second kappa shape index (κ2) is 7.27. The molecule has 2 N–H and O–H groups in total. The number of carbonyl (C=O) groups is 1. The van der Waals surface area contributed by atoms with Crippen molar-refractivity contribution in [3.05, 3.63) is 0 Å². The fraction of sp³-hybridized carbons (Fsp3) is 0.833. The van der Waals surface area contributed by atoms with Gasteiger partial charge in [-0.15, -0.1) is 0 Å². The molecule has 0 heterocycles. The van der Waals surface area contributed by atoms with Crippen LogP contribution in [-0.2, 0) is 4.74 Å². The molecule has 0 rings (SSSR count). The van der Waals surface area contributed by atoms with Crippen LogP contribution in [0.2, 0.25) is 0 Å². The van der Waals surface area contributed by atoms with Crippen molar-refractivity contribution in [1.82, 2.24) is 5.32 Å². The summed E-state index contributed by atoms with van der Waals surface area (Å²) in [5.41, 5.74) is 0. The number of alkyl halides is 1. The zero-order valence-corrected chi connectivity index (χ0v) is 6.18. The Hall–Kier alpha value is -0.840. The van der Waals surface area contributed by atoms with Crippen molar-refractivity contribution in [2.75, 3.05) is 26.4 Å². The Morgan fingerprint density at radius 2 is 2.36 bits per heavy atom. The van der Waals surface area contributed by atoms with E-state index in [0.717, 1.165) is 0 Å². The number of carbonyl (C=O) groups excluding carboxylic acids is 1. The Kier molecular flexibility index (Phi) is 6.71. The molecular formula is C6H12FNO3. The molecule has 0 aliphatic rings. The van der Waals surface area contributed by atoms with Gasteiger partial charge in [-0.2, -0.15) is 0 Å². The second-order valence-electron chi connectivity index (χ2n) is 1.83. The van der Waals surface area contributed by atoms with Crippen LogP contribution >= 0.6 is 0 Å². The third-order valence-electron chi connectivity index (χ3n) is 0.892. The number of aliphatic hydroxyl groups excluding tert-OH is 1. The van der Waals surface area contributed by atoms with Crippen molar-refractivity contribution in [2.45, 2.75) is 6.42 Å². The Morgan fingerprint density at radius 1 is 1.64 bits per heavy atom. The largest absolute Gasteiger partial charge is 0.449 e. The highest BCUT2D eigenvalue weighted by molar-refractivity contribution is 5.66. The zero-order valence-electron chi connectivity index (χ0n) is 6.18. The number of nitrogens with one attached hydrogen (secondary N) is 1. The van der Waals surface area contributed by atoms with Crippen molar-refractivity contribution >= 4 is 6.09 Å². The van der Waals surface area contributed by atoms with Gasteiger partial charge in [0.15, 0.2) is 0 Å². The lowest BCUT2D eigenvalue weighted by atomic mass is 10.5. The molecule has 0 spiro atoms. The summed E-state index contributed by atoms with van der Waals surface area (Å²) in [5, 5.41) is 10.5. The van der Waals surface area contributed by atoms with Crippen LogP contribution in [0.5, 0.6) is 0 Å². The number of hydrogen-bond acceptors (Lipinski definition) is 3. The monoisotopic (exact) mass is 165 g/mol. The first-order chi connectivity index (χ1) is 5.31. The van der Waals surface area contributed by atoms with E-state index in [1.807, 2.05) is 0 Å². The first-order valence-corrected chi connectivity index (χ1v) is 3.38. The van der Waals surface area contributed by atoms with Crippen LogP contribution in [-0.4, -0.2) is 37.6 Å². The highest BCUT2D eigenvalue weighted by Crippen LogP contribution is 1.83. The first-order valence-electron chi connectivity index (χ1n) is 3.38. The van der Waals surface area contributed by atoms with Gasteiger partial charge >= 0.3 is 6.09 Å². The molecule has 0 aliphatic heterocycles. The van der Waals surface area contributed by atoms with E-state index in [-0.39, 0.29) is 26.2 Å². The van der Waals surface area contributed by atoms with Gasteiger partial charge in [0, 0.05) is 13.0 Å². The molecule has 0 unspecified atom stereocenters. The fourth-order valence-electron chi connectivity index (χ4n) is 0.428. The average Bonchev–Trinajstić information content (AvgIpc) is 2.01. The molecular weight excluding hydrogens is 153 g/mol. The van der Waals surface area contributed by atoms with Crippen LogP contribution < -0.4 is 5.32 Å². The van der Waals surface area contributed by atoms with Crippen LogP contribution in [0.4, 0.5) is 9.18 Å². The molecule has 0 aromatic carbocycles. The van der Waals surface area contributed by atoms with Gasteiger partial charge in [-0.1, -0.05) is 0 Å². The van der Waals surface area contributed by atoms with Crippen molar-refractivity contribution in [1.29, 1.82) is 0 Å². The smallest absolute Gasteiger partial charge is 0.407 e. The first kappa shape index (κ1) is 10.2. The molecule has 11 heavy (non-hydrogen) atoms. The molecule has 5 heteroatoms. The van der Waals surface area contributed by atoms with Gasteiger partial charge in [-0.3, -0.25) is 4.39 Å². The normalized spacial score (nSPS) is 9.27. The topological polar surface area (TPSA) is 58.6 Å². The predicted molar refractivity (Wildman–Crippen MR) is 37.0 cm³/mol. The van der Waals surface area contributed by atoms with Crippen LogP contribution in [0.1, 0.15) is 6.42 Å². The summed E-state index contributed by atoms with van der Waals surface area (Å²) in [6.45, 7) is -0.381. The molecule has 0 fully saturated rings. The minimum absolute atomic E-state index is 0.0771. The van der Waals surface area contributed by atoms with Crippen LogP contribution in [0.15, 0.2) is 0 Å². The number of aliphatic hydroxyl groups is 1. The van der Waals surface area contributed by atoms with Gasteiger partial charge in [0.25, 0.3) is 0 Å². The summed E-state index contributed by atoms with van der Waals surface area (Å²) in [7, 11) is 0. The fourth-order valence-corrected chi connectivity index (χ4v) is 0.428. The van der Waals surface area contributed by atoms with E-state index < -0.39 is 12.8 Å². The highest BCUT2D eigenvalue weighted by atomic mass is 19.1. The molecule has 0 saturated carbocycles. The second-order valence-corrected chi connectivity index (χ2v) is 1.83. The maximum atomic E-state index is 11.4. The lowest BCUT2D eigenvalue weighted by Crippen LogP contribution is -2.27. The number of alkyl carbamates (subject to hydrolysis) is 1. The maximum absolute atomic E-state index is 11.4.